The van der Waals surface area contributed by atoms with Gasteiger partial charge in [-0.15, -0.1) is 0 Å². The smallest absolute Gasteiger partial charge is 0.308 e. The Labute approximate surface area is 122 Å². The Kier molecular flexibility index (Phi) is 11.1. The molecule has 8 heteroatoms. The predicted octanol–water partition coefficient (Wildman–Crippen LogP) is 4.65. The van der Waals surface area contributed by atoms with E-state index in [0.29, 0.717) is 39.1 Å². The van der Waals surface area contributed by atoms with E-state index in [0.717, 1.165) is 0 Å². The first-order valence-corrected chi connectivity index (χ1v) is 10.7. The molecule has 0 bridgehead atoms. The van der Waals surface area contributed by atoms with Crippen molar-refractivity contribution in [1.29, 1.82) is 0 Å². The quantitative estimate of drug-likeness (QED) is 0.458. The molecule has 0 aliphatic carbocycles. The van der Waals surface area contributed by atoms with Gasteiger partial charge in [-0.2, -0.15) is 0 Å². The second-order valence-electron chi connectivity index (χ2n) is 4.28. The summed E-state index contributed by atoms with van der Waals surface area (Å²) in [5, 5.41) is 0. The maximum Gasteiger partial charge on any atom is 0.342 e. The second kappa shape index (κ2) is 10.9. The molecule has 0 spiro atoms. The molecule has 0 fully saturated rings. The van der Waals surface area contributed by atoms with Crippen LogP contribution in [0.1, 0.15) is 47.0 Å². The van der Waals surface area contributed by atoms with E-state index in [-0.39, 0.29) is 12.5 Å². The van der Waals surface area contributed by atoms with Crippen molar-refractivity contribution in [3.63, 3.8) is 0 Å². The first kappa shape index (κ1) is 20.3. The molecule has 122 valence electrons. The van der Waals surface area contributed by atoms with Crippen LogP contribution in [0.2, 0.25) is 0 Å². The van der Waals surface area contributed by atoms with Crippen LogP contribution in [0.25, 0.3) is 0 Å². The van der Waals surface area contributed by atoms with Crippen LogP contribution in [0.3, 0.4) is 0 Å². The molecule has 0 aromatic carbocycles. The summed E-state index contributed by atoms with van der Waals surface area (Å²) in [6.07, 6.45) is 2.11. The molecule has 0 aromatic rings. The van der Waals surface area contributed by atoms with Crippen LogP contribution in [0.5, 0.6) is 0 Å². The summed E-state index contributed by atoms with van der Waals surface area (Å²) in [5.41, 5.74) is 0. The Balaban J connectivity index is 4.85. The number of hydrogen-bond donors (Lipinski definition) is 0. The zero-order valence-electron chi connectivity index (χ0n) is 13.0. The van der Waals surface area contributed by atoms with E-state index in [1.165, 1.54) is 0 Å². The van der Waals surface area contributed by atoms with Crippen molar-refractivity contribution in [1.82, 2.24) is 0 Å². The second-order valence-corrected chi connectivity index (χ2v) is 8.89. The molecule has 0 heterocycles. The highest BCUT2D eigenvalue weighted by Gasteiger charge is 2.38. The standard InChI is InChI=1S/C12H28O6P2/c1-5-9-16-19(13,15-8-4)12-20(14,17-10-6-2)18-11-7-3/h5-12H2,1-4H3. The van der Waals surface area contributed by atoms with Crippen LogP contribution in [-0.2, 0) is 27.2 Å². The summed E-state index contributed by atoms with van der Waals surface area (Å²) in [6.45, 7) is 8.52. The topological polar surface area (TPSA) is 71.1 Å². The third-order valence-corrected chi connectivity index (χ3v) is 7.30. The Morgan fingerprint density at radius 3 is 1.30 bits per heavy atom. The molecule has 0 rings (SSSR count). The number of rotatable bonds is 13. The fourth-order valence-corrected chi connectivity index (χ4v) is 6.27. The van der Waals surface area contributed by atoms with Gasteiger partial charge in [0.1, 0.15) is 0 Å². The van der Waals surface area contributed by atoms with E-state index in [2.05, 4.69) is 0 Å². The van der Waals surface area contributed by atoms with Gasteiger partial charge in [0.05, 0.1) is 26.4 Å². The Hall–Kier alpha value is 0.300. The normalized spacial score (nSPS) is 15.2. The van der Waals surface area contributed by atoms with Crippen LogP contribution in [0.15, 0.2) is 0 Å². The van der Waals surface area contributed by atoms with Crippen LogP contribution in [0.4, 0.5) is 0 Å². The minimum Gasteiger partial charge on any atom is -0.308 e. The van der Waals surface area contributed by atoms with Crippen molar-refractivity contribution >= 4 is 15.2 Å². The van der Waals surface area contributed by atoms with Crippen LogP contribution in [0, 0.1) is 0 Å². The van der Waals surface area contributed by atoms with Gasteiger partial charge in [-0.05, 0) is 26.2 Å². The molecule has 0 radical (unpaired) electrons. The molecule has 0 aliphatic heterocycles. The average Bonchev–Trinajstić information content (AvgIpc) is 2.41. The minimum absolute atomic E-state index is 0.225. The van der Waals surface area contributed by atoms with E-state index < -0.39 is 15.2 Å². The molecule has 1 atom stereocenters. The Morgan fingerprint density at radius 2 is 1.00 bits per heavy atom. The largest absolute Gasteiger partial charge is 0.342 e. The van der Waals surface area contributed by atoms with Crippen LogP contribution >= 0.6 is 15.2 Å². The molecule has 0 amide bonds. The number of hydrogen-bond acceptors (Lipinski definition) is 6. The molecule has 6 nitrogen and oxygen atoms in total. The lowest BCUT2D eigenvalue weighted by Crippen LogP contribution is -2.07. The molecular weight excluding hydrogens is 302 g/mol. The average molecular weight is 330 g/mol. The van der Waals surface area contributed by atoms with Gasteiger partial charge in [-0.3, -0.25) is 9.13 Å². The third-order valence-electron chi connectivity index (χ3n) is 2.15. The van der Waals surface area contributed by atoms with Crippen molar-refractivity contribution in [3.05, 3.63) is 0 Å². The van der Waals surface area contributed by atoms with Crippen LogP contribution < -0.4 is 0 Å². The lowest BCUT2D eigenvalue weighted by atomic mass is 10.5. The summed E-state index contributed by atoms with van der Waals surface area (Å²) < 4.78 is 46.2. The molecule has 0 saturated carbocycles. The first-order valence-electron chi connectivity index (χ1n) is 7.21. The maximum absolute atomic E-state index is 12.6. The first-order chi connectivity index (χ1) is 9.45. The van der Waals surface area contributed by atoms with E-state index in [4.69, 9.17) is 18.1 Å². The highest BCUT2D eigenvalue weighted by Crippen LogP contribution is 2.64. The van der Waals surface area contributed by atoms with Crippen molar-refractivity contribution in [2.24, 2.45) is 0 Å². The summed E-state index contributed by atoms with van der Waals surface area (Å²) in [4.78, 5) is 0. The van der Waals surface area contributed by atoms with E-state index in [1.807, 2.05) is 20.8 Å². The van der Waals surface area contributed by atoms with Gasteiger partial charge < -0.3 is 18.1 Å². The lowest BCUT2D eigenvalue weighted by molar-refractivity contribution is 0.194. The SMILES string of the molecule is CCCOP(=O)(CP(=O)(OCCC)OCCC)OCC. The summed E-state index contributed by atoms with van der Waals surface area (Å²) in [5.74, 6) is -0.326. The van der Waals surface area contributed by atoms with Gasteiger partial charge in [0.15, 0.2) is 5.90 Å². The monoisotopic (exact) mass is 330 g/mol. The molecule has 1 unspecified atom stereocenters. The zero-order chi connectivity index (χ0) is 15.5. The van der Waals surface area contributed by atoms with Crippen molar-refractivity contribution in [3.8, 4) is 0 Å². The van der Waals surface area contributed by atoms with Crippen molar-refractivity contribution in [2.45, 2.75) is 47.0 Å². The predicted molar refractivity (Wildman–Crippen MR) is 80.4 cm³/mol. The van der Waals surface area contributed by atoms with Gasteiger partial charge >= 0.3 is 15.2 Å². The van der Waals surface area contributed by atoms with Crippen molar-refractivity contribution in [2.75, 3.05) is 32.3 Å². The molecular formula is C12H28O6P2. The van der Waals surface area contributed by atoms with Gasteiger partial charge in [0.2, 0.25) is 0 Å². The van der Waals surface area contributed by atoms with Crippen LogP contribution in [-0.4, -0.2) is 32.3 Å². The fraction of sp³-hybridized carbons (Fsp3) is 1.00. The summed E-state index contributed by atoms with van der Waals surface area (Å²) in [7, 11) is -6.91. The molecule has 0 aromatic heterocycles. The molecule has 0 N–H and O–H groups in total. The highest BCUT2D eigenvalue weighted by atomic mass is 31.2. The lowest BCUT2D eigenvalue weighted by Gasteiger charge is -2.23. The molecule has 0 saturated heterocycles. The summed E-state index contributed by atoms with van der Waals surface area (Å²) in [6, 6.07) is 0. The van der Waals surface area contributed by atoms with Gasteiger partial charge in [-0.1, -0.05) is 20.8 Å². The van der Waals surface area contributed by atoms with E-state index in [9.17, 15) is 9.13 Å². The summed E-state index contributed by atoms with van der Waals surface area (Å²) >= 11 is 0. The van der Waals surface area contributed by atoms with Gasteiger partial charge in [0, 0.05) is 0 Å². The van der Waals surface area contributed by atoms with Gasteiger partial charge in [-0.25, -0.2) is 0 Å². The van der Waals surface area contributed by atoms with E-state index >= 15 is 0 Å². The Bertz CT molecular complexity index is 322. The maximum atomic E-state index is 12.6. The fourth-order valence-electron chi connectivity index (χ4n) is 1.34. The molecule has 20 heavy (non-hydrogen) atoms. The molecule has 0 aliphatic rings. The van der Waals surface area contributed by atoms with E-state index in [1.54, 1.807) is 6.92 Å². The Morgan fingerprint density at radius 1 is 0.650 bits per heavy atom. The third kappa shape index (κ3) is 8.56. The van der Waals surface area contributed by atoms with Gasteiger partial charge in [0.25, 0.3) is 0 Å². The minimum atomic E-state index is -3.46. The zero-order valence-corrected chi connectivity index (χ0v) is 14.8. The highest BCUT2D eigenvalue weighted by molar-refractivity contribution is 7.71. The van der Waals surface area contributed by atoms with Crippen molar-refractivity contribution < 1.29 is 27.2 Å².